The molecule has 0 radical (unpaired) electrons. The van der Waals surface area contributed by atoms with E-state index in [1.54, 1.807) is 30.0 Å². The fraction of sp³-hybridized carbons (Fsp3) is 0.300. The third-order valence-corrected chi connectivity index (χ3v) is 2.03. The smallest absolute Gasteiger partial charge is 0.325 e. The second-order valence-electron chi connectivity index (χ2n) is 3.10. The minimum absolute atomic E-state index is 0.103. The molecule has 0 aliphatic rings. The Morgan fingerprint density at radius 1 is 1.56 bits per heavy atom. The first-order chi connectivity index (χ1) is 7.81. The van der Waals surface area contributed by atoms with E-state index in [2.05, 4.69) is 15.4 Å². The summed E-state index contributed by atoms with van der Waals surface area (Å²) in [5.41, 5.74) is 0.826. The number of nitrogens with zero attached hydrogens (tertiary/aromatic N) is 3. The number of rotatable bonds is 4. The molecule has 2 aromatic rings. The van der Waals surface area contributed by atoms with Crippen LogP contribution in [0.15, 0.2) is 24.7 Å². The summed E-state index contributed by atoms with van der Waals surface area (Å²) in [5.74, 6) is 0.318. The Hall–Kier alpha value is -2.11. The number of aromatic nitrogens is 3. The van der Waals surface area contributed by atoms with E-state index >= 15 is 0 Å². The molecule has 16 heavy (non-hydrogen) atoms. The van der Waals surface area contributed by atoms with E-state index < -0.39 is 0 Å². The van der Waals surface area contributed by atoms with Crippen LogP contribution in [0.2, 0.25) is 0 Å². The Kier molecular flexibility index (Phi) is 3.00. The van der Waals surface area contributed by atoms with Gasteiger partial charge >= 0.3 is 5.97 Å². The van der Waals surface area contributed by atoms with Crippen LogP contribution in [0.3, 0.4) is 0 Å². The predicted octanol–water partition coefficient (Wildman–Crippen LogP) is 0.704. The number of nitrogens with one attached hydrogen (secondary N) is 1. The summed E-state index contributed by atoms with van der Waals surface area (Å²) >= 11 is 0. The first kappa shape index (κ1) is 10.4. The number of anilines is 1. The molecule has 1 N–H and O–H groups in total. The van der Waals surface area contributed by atoms with Gasteiger partial charge in [0.2, 0.25) is 0 Å². The zero-order valence-corrected chi connectivity index (χ0v) is 8.88. The van der Waals surface area contributed by atoms with E-state index in [-0.39, 0.29) is 12.5 Å². The molecule has 0 aromatic carbocycles. The maximum atomic E-state index is 11.2. The molecule has 84 valence electrons. The number of ether oxygens (including phenoxy) is 1. The molecule has 2 aromatic heterocycles. The largest absolute Gasteiger partial charge is 0.465 e. The molecule has 0 fully saturated rings. The normalized spacial score (nSPS) is 10.3. The summed E-state index contributed by atoms with van der Waals surface area (Å²) in [5, 5.41) is 6.98. The second kappa shape index (κ2) is 4.61. The lowest BCUT2D eigenvalue weighted by molar-refractivity contribution is -0.140. The number of carbonyl (C=O) groups excluding carboxylic acids is 1. The molecular weight excluding hydrogens is 208 g/mol. The summed E-state index contributed by atoms with van der Waals surface area (Å²) < 4.78 is 6.49. The lowest BCUT2D eigenvalue weighted by Gasteiger charge is -2.06. The van der Waals surface area contributed by atoms with Crippen molar-refractivity contribution in [1.82, 2.24) is 14.6 Å². The molecule has 0 amide bonds. The van der Waals surface area contributed by atoms with E-state index in [1.165, 1.54) is 0 Å². The van der Waals surface area contributed by atoms with E-state index in [4.69, 9.17) is 4.74 Å². The van der Waals surface area contributed by atoms with Gasteiger partial charge in [-0.3, -0.25) is 4.79 Å². The number of esters is 1. The quantitative estimate of drug-likeness (QED) is 0.768. The molecule has 2 rings (SSSR count). The summed E-state index contributed by atoms with van der Waals surface area (Å²) in [6, 6.07) is 1.82. The van der Waals surface area contributed by atoms with Crippen molar-refractivity contribution in [2.45, 2.75) is 6.92 Å². The summed E-state index contributed by atoms with van der Waals surface area (Å²) in [6.45, 7) is 2.25. The average Bonchev–Trinajstić information content (AvgIpc) is 2.75. The Morgan fingerprint density at radius 2 is 2.44 bits per heavy atom. The Bertz CT molecular complexity index is 494. The maximum Gasteiger partial charge on any atom is 0.325 e. The molecule has 0 unspecified atom stereocenters. The fourth-order valence-corrected chi connectivity index (χ4v) is 1.36. The van der Waals surface area contributed by atoms with Gasteiger partial charge in [-0.05, 0) is 13.0 Å². The minimum atomic E-state index is -0.300. The van der Waals surface area contributed by atoms with Crippen molar-refractivity contribution in [3.63, 3.8) is 0 Å². The van der Waals surface area contributed by atoms with Crippen molar-refractivity contribution >= 4 is 17.3 Å². The van der Waals surface area contributed by atoms with Crippen LogP contribution in [0.4, 0.5) is 5.82 Å². The van der Waals surface area contributed by atoms with Crippen molar-refractivity contribution in [2.24, 2.45) is 0 Å². The van der Waals surface area contributed by atoms with E-state index in [0.717, 1.165) is 5.52 Å². The molecular formula is C10H12N4O2. The van der Waals surface area contributed by atoms with Crippen molar-refractivity contribution in [1.29, 1.82) is 0 Å². The van der Waals surface area contributed by atoms with E-state index in [0.29, 0.717) is 12.4 Å². The van der Waals surface area contributed by atoms with Crippen molar-refractivity contribution < 1.29 is 9.53 Å². The zero-order valence-electron chi connectivity index (χ0n) is 8.88. The Balaban J connectivity index is 2.09. The standard InChI is InChI=1S/C10H12N4O2/c1-2-16-9(15)7-12-10-8-3-4-13-14(8)6-5-11-10/h3-6H,2,7H2,1H3,(H,11,12). The molecule has 6 heteroatoms. The van der Waals surface area contributed by atoms with Crippen molar-refractivity contribution in [2.75, 3.05) is 18.5 Å². The highest BCUT2D eigenvalue weighted by Crippen LogP contribution is 2.11. The first-order valence-electron chi connectivity index (χ1n) is 4.99. The maximum absolute atomic E-state index is 11.2. The van der Waals surface area contributed by atoms with Crippen LogP contribution in [0.1, 0.15) is 6.92 Å². The van der Waals surface area contributed by atoms with Gasteiger partial charge in [0, 0.05) is 12.4 Å². The second-order valence-corrected chi connectivity index (χ2v) is 3.10. The summed E-state index contributed by atoms with van der Waals surface area (Å²) in [4.78, 5) is 15.3. The van der Waals surface area contributed by atoms with Crippen LogP contribution < -0.4 is 5.32 Å². The predicted molar refractivity (Wildman–Crippen MR) is 58.1 cm³/mol. The van der Waals surface area contributed by atoms with Gasteiger partial charge in [-0.2, -0.15) is 5.10 Å². The molecule has 0 aliphatic carbocycles. The Morgan fingerprint density at radius 3 is 3.25 bits per heavy atom. The third kappa shape index (κ3) is 2.10. The van der Waals surface area contributed by atoms with Gasteiger partial charge in [0.1, 0.15) is 12.1 Å². The molecule has 0 saturated carbocycles. The van der Waals surface area contributed by atoms with Gasteiger partial charge < -0.3 is 10.1 Å². The first-order valence-corrected chi connectivity index (χ1v) is 4.99. The van der Waals surface area contributed by atoms with Crippen LogP contribution in [0.25, 0.3) is 5.52 Å². The highest BCUT2D eigenvalue weighted by Gasteiger charge is 2.05. The molecule has 0 spiro atoms. The van der Waals surface area contributed by atoms with Gasteiger partial charge in [0.05, 0.1) is 12.8 Å². The summed E-state index contributed by atoms with van der Waals surface area (Å²) in [6.07, 6.45) is 5.03. The van der Waals surface area contributed by atoms with Gasteiger partial charge in [0.15, 0.2) is 5.82 Å². The lowest BCUT2D eigenvalue weighted by atomic mass is 10.4. The SMILES string of the molecule is CCOC(=O)CNc1nccn2nccc12. The topological polar surface area (TPSA) is 68.5 Å². The van der Waals surface area contributed by atoms with Crippen LogP contribution in [0, 0.1) is 0 Å². The fourth-order valence-electron chi connectivity index (χ4n) is 1.36. The van der Waals surface area contributed by atoms with Crippen LogP contribution in [-0.2, 0) is 9.53 Å². The van der Waals surface area contributed by atoms with E-state index in [1.807, 2.05) is 6.07 Å². The van der Waals surface area contributed by atoms with E-state index in [9.17, 15) is 4.79 Å². The number of carbonyl (C=O) groups is 1. The molecule has 0 atom stereocenters. The zero-order chi connectivity index (χ0) is 11.4. The number of fused-ring (bicyclic) bond motifs is 1. The van der Waals surface area contributed by atoms with Gasteiger partial charge in [-0.15, -0.1) is 0 Å². The molecule has 0 aliphatic heterocycles. The molecule has 0 saturated heterocycles. The van der Waals surface area contributed by atoms with Crippen LogP contribution in [0.5, 0.6) is 0 Å². The average molecular weight is 220 g/mol. The van der Waals surface area contributed by atoms with Crippen LogP contribution in [-0.4, -0.2) is 33.7 Å². The van der Waals surface area contributed by atoms with Gasteiger partial charge in [-0.1, -0.05) is 0 Å². The molecule has 6 nitrogen and oxygen atoms in total. The van der Waals surface area contributed by atoms with Crippen molar-refractivity contribution in [3.05, 3.63) is 24.7 Å². The third-order valence-electron chi connectivity index (χ3n) is 2.03. The van der Waals surface area contributed by atoms with Gasteiger partial charge in [-0.25, -0.2) is 9.50 Å². The highest BCUT2D eigenvalue weighted by molar-refractivity contribution is 5.77. The number of hydrogen-bond donors (Lipinski definition) is 1. The minimum Gasteiger partial charge on any atom is -0.465 e. The monoisotopic (exact) mass is 220 g/mol. The molecule has 2 heterocycles. The van der Waals surface area contributed by atoms with Gasteiger partial charge in [0.25, 0.3) is 0 Å². The molecule has 0 bridgehead atoms. The number of hydrogen-bond acceptors (Lipinski definition) is 5. The van der Waals surface area contributed by atoms with Crippen molar-refractivity contribution in [3.8, 4) is 0 Å². The van der Waals surface area contributed by atoms with Crippen LogP contribution >= 0.6 is 0 Å². The summed E-state index contributed by atoms with van der Waals surface area (Å²) in [7, 11) is 0. The highest BCUT2D eigenvalue weighted by atomic mass is 16.5. The Labute approximate surface area is 92.2 Å². The lowest BCUT2D eigenvalue weighted by Crippen LogP contribution is -2.17.